The molecule has 0 aliphatic carbocycles. The minimum Gasteiger partial charge on any atom is -0.478 e. The lowest BCUT2D eigenvalue weighted by molar-refractivity contribution is -0.144. The molecular weight excluding hydrogens is 335 g/mol. The Kier molecular flexibility index (Phi) is 5.86. The van der Waals surface area contributed by atoms with Crippen LogP contribution in [-0.2, 0) is 11.2 Å². The lowest BCUT2D eigenvalue weighted by Gasteiger charge is -2.15. The molecule has 2 N–H and O–H groups in total. The van der Waals surface area contributed by atoms with Crippen LogP contribution >= 0.6 is 11.3 Å². The highest BCUT2D eigenvalue weighted by Gasteiger charge is 2.22. The average Bonchev–Trinajstić information content (AvgIpc) is 2.93. The van der Waals surface area contributed by atoms with Crippen molar-refractivity contribution in [1.29, 1.82) is 0 Å². The van der Waals surface area contributed by atoms with Crippen molar-refractivity contribution in [2.45, 2.75) is 26.4 Å². The number of thiazole rings is 1. The standard InChI is InChI=1S/C16H17FN2O4S/c1-3-13-19-9(2)14(24-13)15(20)18-8-12(16(21)22)23-11-6-4-10(17)5-7-11/h4-7,12H,3,8H2,1-2H3,(H,18,20)(H,21,22). The number of aliphatic carboxylic acids is 1. The number of amides is 1. The predicted octanol–water partition coefficient (Wildman–Crippen LogP) is 2.42. The second kappa shape index (κ2) is 7.87. The number of carbonyl (C=O) groups is 2. The van der Waals surface area contributed by atoms with E-state index in [0.29, 0.717) is 10.6 Å². The monoisotopic (exact) mass is 352 g/mol. The summed E-state index contributed by atoms with van der Waals surface area (Å²) in [5, 5.41) is 12.6. The van der Waals surface area contributed by atoms with Crippen LogP contribution < -0.4 is 10.1 Å². The maximum absolute atomic E-state index is 12.9. The third kappa shape index (κ3) is 4.51. The Bertz CT molecular complexity index is 730. The number of hydrogen-bond donors (Lipinski definition) is 2. The second-order valence-electron chi connectivity index (χ2n) is 4.98. The molecule has 24 heavy (non-hydrogen) atoms. The van der Waals surface area contributed by atoms with E-state index in [1.807, 2.05) is 6.92 Å². The Labute approximate surface area is 142 Å². The zero-order valence-corrected chi connectivity index (χ0v) is 14.0. The topological polar surface area (TPSA) is 88.5 Å². The van der Waals surface area contributed by atoms with Crippen LogP contribution in [0.5, 0.6) is 5.75 Å². The van der Waals surface area contributed by atoms with E-state index in [-0.39, 0.29) is 12.3 Å². The summed E-state index contributed by atoms with van der Waals surface area (Å²) in [4.78, 5) is 28.2. The number of carboxylic acids is 1. The van der Waals surface area contributed by atoms with Gasteiger partial charge >= 0.3 is 5.97 Å². The van der Waals surface area contributed by atoms with Crippen LogP contribution in [0, 0.1) is 12.7 Å². The Morgan fingerprint density at radius 2 is 2.04 bits per heavy atom. The van der Waals surface area contributed by atoms with Crippen molar-refractivity contribution in [2.24, 2.45) is 0 Å². The van der Waals surface area contributed by atoms with Crippen LogP contribution in [0.3, 0.4) is 0 Å². The maximum atomic E-state index is 12.9. The predicted molar refractivity (Wildman–Crippen MR) is 87.0 cm³/mol. The van der Waals surface area contributed by atoms with Gasteiger partial charge in [0, 0.05) is 0 Å². The summed E-state index contributed by atoms with van der Waals surface area (Å²) in [5.41, 5.74) is 0.612. The molecule has 0 bridgehead atoms. The molecule has 8 heteroatoms. The van der Waals surface area contributed by atoms with Crippen LogP contribution in [0.1, 0.15) is 27.3 Å². The zero-order chi connectivity index (χ0) is 17.7. The molecule has 0 spiro atoms. The summed E-state index contributed by atoms with van der Waals surface area (Å²) < 4.78 is 18.1. The third-order valence-corrected chi connectivity index (χ3v) is 4.47. The number of aryl methyl sites for hydroxylation is 2. The fourth-order valence-electron chi connectivity index (χ4n) is 1.94. The largest absolute Gasteiger partial charge is 0.478 e. The van der Waals surface area contributed by atoms with Gasteiger partial charge < -0.3 is 15.2 Å². The van der Waals surface area contributed by atoms with Crippen molar-refractivity contribution >= 4 is 23.2 Å². The summed E-state index contributed by atoms with van der Waals surface area (Å²) in [6.07, 6.45) is -0.553. The molecule has 6 nitrogen and oxygen atoms in total. The molecule has 0 radical (unpaired) electrons. The highest BCUT2D eigenvalue weighted by molar-refractivity contribution is 7.13. The molecule has 0 aliphatic heterocycles. The number of ether oxygens (including phenoxy) is 1. The first-order valence-electron chi connectivity index (χ1n) is 7.30. The second-order valence-corrected chi connectivity index (χ2v) is 6.07. The number of carbonyl (C=O) groups excluding carboxylic acids is 1. The van der Waals surface area contributed by atoms with Crippen molar-refractivity contribution in [3.8, 4) is 5.75 Å². The lowest BCUT2D eigenvalue weighted by Crippen LogP contribution is -2.40. The molecule has 1 aromatic carbocycles. The van der Waals surface area contributed by atoms with E-state index in [2.05, 4.69) is 10.3 Å². The van der Waals surface area contributed by atoms with Gasteiger partial charge in [0.05, 0.1) is 17.2 Å². The van der Waals surface area contributed by atoms with E-state index in [4.69, 9.17) is 4.74 Å². The van der Waals surface area contributed by atoms with Crippen molar-refractivity contribution in [3.05, 3.63) is 45.7 Å². The molecule has 1 atom stereocenters. The number of carboxylic acid groups (broad SMARTS) is 1. The van der Waals surface area contributed by atoms with Gasteiger partial charge in [-0.3, -0.25) is 4.79 Å². The van der Waals surface area contributed by atoms with E-state index < -0.39 is 23.8 Å². The maximum Gasteiger partial charge on any atom is 0.346 e. The van der Waals surface area contributed by atoms with Gasteiger partial charge in [-0.1, -0.05) is 6.92 Å². The number of aromatic nitrogens is 1. The molecule has 1 heterocycles. The minimum atomic E-state index is -1.28. The van der Waals surface area contributed by atoms with Crippen LogP contribution in [-0.4, -0.2) is 34.6 Å². The molecular formula is C16H17FN2O4S. The summed E-state index contributed by atoms with van der Waals surface area (Å²) in [5.74, 6) is -1.86. The van der Waals surface area contributed by atoms with Gasteiger partial charge in [0.1, 0.15) is 16.4 Å². The summed E-state index contributed by atoms with van der Waals surface area (Å²) in [6, 6.07) is 4.99. The Morgan fingerprint density at radius 1 is 1.38 bits per heavy atom. The fraction of sp³-hybridized carbons (Fsp3) is 0.312. The van der Waals surface area contributed by atoms with Gasteiger partial charge in [0.15, 0.2) is 0 Å². The fourth-order valence-corrected chi connectivity index (χ4v) is 2.86. The van der Waals surface area contributed by atoms with Gasteiger partial charge in [-0.05, 0) is 37.6 Å². The lowest BCUT2D eigenvalue weighted by atomic mass is 10.3. The first kappa shape index (κ1) is 17.9. The summed E-state index contributed by atoms with van der Waals surface area (Å²) in [6.45, 7) is 3.45. The molecule has 2 rings (SSSR count). The zero-order valence-electron chi connectivity index (χ0n) is 13.2. The molecule has 1 amide bonds. The van der Waals surface area contributed by atoms with Gasteiger partial charge in [-0.2, -0.15) is 0 Å². The minimum absolute atomic E-state index is 0.209. The number of benzene rings is 1. The molecule has 0 saturated heterocycles. The van der Waals surface area contributed by atoms with Gasteiger partial charge in [0.25, 0.3) is 5.91 Å². The van der Waals surface area contributed by atoms with Crippen molar-refractivity contribution in [3.63, 3.8) is 0 Å². The van der Waals surface area contributed by atoms with Crippen LogP contribution in [0.15, 0.2) is 24.3 Å². The molecule has 0 aliphatic rings. The normalized spacial score (nSPS) is 11.8. The quantitative estimate of drug-likeness (QED) is 0.799. The molecule has 128 valence electrons. The smallest absolute Gasteiger partial charge is 0.346 e. The van der Waals surface area contributed by atoms with E-state index in [1.54, 1.807) is 6.92 Å². The SMILES string of the molecule is CCc1nc(C)c(C(=O)NCC(Oc2ccc(F)cc2)C(=O)O)s1. The first-order valence-corrected chi connectivity index (χ1v) is 8.12. The van der Waals surface area contributed by atoms with Gasteiger partial charge in [-0.15, -0.1) is 11.3 Å². The number of rotatable bonds is 7. The highest BCUT2D eigenvalue weighted by Crippen LogP contribution is 2.18. The van der Waals surface area contributed by atoms with Crippen LogP contribution in [0.25, 0.3) is 0 Å². The average molecular weight is 352 g/mol. The van der Waals surface area contributed by atoms with Crippen molar-refractivity contribution in [2.75, 3.05) is 6.54 Å². The summed E-state index contributed by atoms with van der Waals surface area (Å²) >= 11 is 1.28. The van der Waals surface area contributed by atoms with Gasteiger partial charge in [0.2, 0.25) is 6.10 Å². The first-order chi connectivity index (χ1) is 11.4. The van der Waals surface area contributed by atoms with E-state index >= 15 is 0 Å². The summed E-state index contributed by atoms with van der Waals surface area (Å²) in [7, 11) is 0. The van der Waals surface area contributed by atoms with Crippen molar-refractivity contribution < 1.29 is 23.8 Å². The van der Waals surface area contributed by atoms with E-state index in [0.717, 1.165) is 11.4 Å². The highest BCUT2D eigenvalue weighted by atomic mass is 32.1. The van der Waals surface area contributed by atoms with E-state index in [1.165, 1.54) is 35.6 Å². The molecule has 1 aromatic heterocycles. The van der Waals surface area contributed by atoms with Crippen molar-refractivity contribution in [1.82, 2.24) is 10.3 Å². The Morgan fingerprint density at radius 3 is 2.58 bits per heavy atom. The van der Waals surface area contributed by atoms with Gasteiger partial charge in [-0.25, -0.2) is 14.2 Å². The van der Waals surface area contributed by atoms with E-state index in [9.17, 15) is 19.1 Å². The molecule has 1 unspecified atom stereocenters. The Balaban J connectivity index is 2.00. The third-order valence-electron chi connectivity index (χ3n) is 3.16. The number of hydrogen-bond acceptors (Lipinski definition) is 5. The molecule has 2 aromatic rings. The van der Waals surface area contributed by atoms with Crippen LogP contribution in [0.4, 0.5) is 4.39 Å². The molecule has 0 saturated carbocycles. The molecule has 0 fully saturated rings. The number of nitrogens with zero attached hydrogens (tertiary/aromatic N) is 1. The Hall–Kier alpha value is -2.48. The number of halogens is 1. The van der Waals surface area contributed by atoms with Crippen LogP contribution in [0.2, 0.25) is 0 Å². The number of nitrogens with one attached hydrogen (secondary N) is 1.